The second kappa shape index (κ2) is 10.2. The molecule has 0 amide bonds. The number of hydrogen-bond acceptors (Lipinski definition) is 2. The SMILES string of the molecule is C=C(c1ccc(C2CCN(Cc3ccccc3)CC2)c2ccccc12)N1CCCC2CCCCC21. The van der Waals surface area contributed by atoms with E-state index in [1.165, 1.54) is 98.6 Å². The highest BCUT2D eigenvalue weighted by atomic mass is 15.2. The van der Waals surface area contributed by atoms with Crippen molar-refractivity contribution >= 4 is 16.5 Å². The third-order valence-electron chi connectivity index (χ3n) is 9.14. The molecule has 2 saturated heterocycles. The van der Waals surface area contributed by atoms with Crippen molar-refractivity contribution in [1.82, 2.24) is 9.80 Å². The number of likely N-dealkylation sites (tertiary alicyclic amines) is 2. The molecule has 1 aliphatic carbocycles. The molecule has 2 unspecified atom stereocenters. The Morgan fingerprint density at radius 2 is 1.43 bits per heavy atom. The molecule has 2 nitrogen and oxygen atoms in total. The van der Waals surface area contributed by atoms with Gasteiger partial charge in [-0.15, -0.1) is 0 Å². The summed E-state index contributed by atoms with van der Waals surface area (Å²) in [6.07, 6.45) is 10.8. The van der Waals surface area contributed by atoms with Crippen LogP contribution in [0.25, 0.3) is 16.5 Å². The number of fused-ring (bicyclic) bond motifs is 2. The summed E-state index contributed by atoms with van der Waals surface area (Å²) < 4.78 is 0. The van der Waals surface area contributed by atoms with E-state index in [4.69, 9.17) is 6.58 Å². The van der Waals surface area contributed by atoms with E-state index in [0.717, 1.165) is 12.5 Å². The molecule has 2 atom stereocenters. The molecular formula is C33H40N2. The van der Waals surface area contributed by atoms with Crippen LogP contribution in [-0.2, 0) is 6.54 Å². The fourth-order valence-corrected chi connectivity index (χ4v) is 7.29. The van der Waals surface area contributed by atoms with Crippen molar-refractivity contribution in [3.8, 4) is 0 Å². The van der Waals surface area contributed by atoms with Crippen LogP contribution in [0.15, 0.2) is 73.3 Å². The third-order valence-corrected chi connectivity index (χ3v) is 9.14. The largest absolute Gasteiger partial charge is 0.368 e. The second-order valence-electron chi connectivity index (χ2n) is 11.2. The minimum Gasteiger partial charge on any atom is -0.368 e. The molecule has 3 fully saturated rings. The lowest BCUT2D eigenvalue weighted by atomic mass is 9.77. The predicted molar refractivity (Wildman–Crippen MR) is 148 cm³/mol. The highest BCUT2D eigenvalue weighted by Gasteiger charge is 2.34. The number of piperidine rings is 2. The zero-order chi connectivity index (χ0) is 23.6. The van der Waals surface area contributed by atoms with E-state index in [1.54, 1.807) is 5.56 Å². The summed E-state index contributed by atoms with van der Waals surface area (Å²) in [5, 5.41) is 2.85. The van der Waals surface area contributed by atoms with Gasteiger partial charge in [0.1, 0.15) is 0 Å². The van der Waals surface area contributed by atoms with Crippen molar-refractivity contribution in [2.45, 2.75) is 69.9 Å². The number of rotatable bonds is 5. The van der Waals surface area contributed by atoms with E-state index in [1.807, 2.05) is 0 Å². The Morgan fingerprint density at radius 3 is 2.26 bits per heavy atom. The first-order chi connectivity index (χ1) is 17.3. The molecule has 0 radical (unpaired) electrons. The van der Waals surface area contributed by atoms with Gasteiger partial charge in [-0.2, -0.15) is 0 Å². The quantitative estimate of drug-likeness (QED) is 0.379. The summed E-state index contributed by atoms with van der Waals surface area (Å²) in [5.74, 6) is 1.52. The lowest BCUT2D eigenvalue weighted by molar-refractivity contribution is 0.111. The Labute approximate surface area is 211 Å². The van der Waals surface area contributed by atoms with Gasteiger partial charge in [-0.05, 0) is 85.3 Å². The average molecular weight is 465 g/mol. The molecule has 3 aromatic rings. The zero-order valence-electron chi connectivity index (χ0n) is 21.2. The molecule has 182 valence electrons. The summed E-state index contributed by atoms with van der Waals surface area (Å²) in [4.78, 5) is 5.32. The summed E-state index contributed by atoms with van der Waals surface area (Å²) >= 11 is 0. The van der Waals surface area contributed by atoms with Crippen molar-refractivity contribution < 1.29 is 0 Å². The van der Waals surface area contributed by atoms with Crippen LogP contribution >= 0.6 is 0 Å². The number of benzene rings is 3. The van der Waals surface area contributed by atoms with E-state index in [2.05, 4.69) is 76.5 Å². The molecule has 2 heteroatoms. The fourth-order valence-electron chi connectivity index (χ4n) is 7.29. The Balaban J connectivity index is 1.22. The topological polar surface area (TPSA) is 6.48 Å². The zero-order valence-corrected chi connectivity index (χ0v) is 21.2. The normalized spacial score (nSPS) is 23.8. The molecule has 2 heterocycles. The van der Waals surface area contributed by atoms with Gasteiger partial charge >= 0.3 is 0 Å². The highest BCUT2D eigenvalue weighted by Crippen LogP contribution is 2.41. The van der Waals surface area contributed by atoms with Crippen LogP contribution in [0.1, 0.15) is 74.0 Å². The third kappa shape index (κ3) is 4.66. The second-order valence-corrected chi connectivity index (χ2v) is 11.2. The van der Waals surface area contributed by atoms with Crippen molar-refractivity contribution in [2.75, 3.05) is 19.6 Å². The van der Waals surface area contributed by atoms with E-state index in [9.17, 15) is 0 Å². The van der Waals surface area contributed by atoms with Crippen molar-refractivity contribution in [2.24, 2.45) is 5.92 Å². The Bertz CT molecular complexity index is 1160. The Kier molecular flexibility index (Phi) is 6.65. The number of hydrogen-bond donors (Lipinski definition) is 0. The molecule has 0 N–H and O–H groups in total. The minimum atomic E-state index is 0.645. The van der Waals surface area contributed by atoms with Crippen LogP contribution in [0.2, 0.25) is 0 Å². The van der Waals surface area contributed by atoms with Gasteiger partial charge in [0.05, 0.1) is 0 Å². The Hall–Kier alpha value is -2.58. The lowest BCUT2D eigenvalue weighted by Crippen LogP contribution is -2.45. The standard InChI is InChI=1S/C33H40N2/c1-25(35-21-9-13-28-12-5-8-16-33(28)35)29-17-18-30(32-15-7-6-14-31(29)32)27-19-22-34(23-20-27)24-26-10-3-2-4-11-26/h2-4,6-7,10-11,14-15,17-18,27-28,33H,1,5,8-9,12-13,16,19-24H2. The summed E-state index contributed by atoms with van der Waals surface area (Å²) in [6.45, 7) is 9.31. The molecule has 0 aromatic heterocycles. The van der Waals surface area contributed by atoms with Gasteiger partial charge in [-0.1, -0.05) is 86.2 Å². The van der Waals surface area contributed by atoms with Crippen LogP contribution < -0.4 is 0 Å². The monoisotopic (exact) mass is 464 g/mol. The highest BCUT2D eigenvalue weighted by molar-refractivity contribution is 5.95. The van der Waals surface area contributed by atoms with Crippen molar-refractivity contribution in [3.63, 3.8) is 0 Å². The smallest absolute Gasteiger partial charge is 0.0375 e. The average Bonchev–Trinajstić information content (AvgIpc) is 2.93. The maximum absolute atomic E-state index is 4.70. The maximum Gasteiger partial charge on any atom is 0.0375 e. The first kappa shape index (κ1) is 22.9. The van der Waals surface area contributed by atoms with E-state index < -0.39 is 0 Å². The Morgan fingerprint density at radius 1 is 0.714 bits per heavy atom. The predicted octanol–water partition coefficient (Wildman–Crippen LogP) is 7.84. The van der Waals surface area contributed by atoms with Gasteiger partial charge < -0.3 is 4.90 Å². The molecule has 1 saturated carbocycles. The number of nitrogens with zero attached hydrogens (tertiary/aromatic N) is 2. The van der Waals surface area contributed by atoms with E-state index >= 15 is 0 Å². The lowest BCUT2D eigenvalue weighted by Gasteiger charge is -2.46. The molecule has 6 rings (SSSR count). The minimum absolute atomic E-state index is 0.645. The maximum atomic E-state index is 4.70. The molecule has 0 spiro atoms. The van der Waals surface area contributed by atoms with Crippen LogP contribution in [0.4, 0.5) is 0 Å². The summed E-state index contributed by atoms with van der Waals surface area (Å²) in [7, 11) is 0. The summed E-state index contributed by atoms with van der Waals surface area (Å²) in [5.41, 5.74) is 5.60. The van der Waals surface area contributed by atoms with Gasteiger partial charge in [0.2, 0.25) is 0 Å². The fraction of sp³-hybridized carbons (Fsp3) is 0.455. The molecule has 3 aliphatic rings. The van der Waals surface area contributed by atoms with Crippen LogP contribution in [0, 0.1) is 5.92 Å². The van der Waals surface area contributed by atoms with Crippen LogP contribution in [0.5, 0.6) is 0 Å². The van der Waals surface area contributed by atoms with Gasteiger partial charge in [0, 0.05) is 30.4 Å². The van der Waals surface area contributed by atoms with Gasteiger partial charge in [0.25, 0.3) is 0 Å². The van der Waals surface area contributed by atoms with Crippen molar-refractivity contribution in [1.29, 1.82) is 0 Å². The molecule has 0 bridgehead atoms. The van der Waals surface area contributed by atoms with E-state index in [0.29, 0.717) is 12.0 Å². The molecule has 35 heavy (non-hydrogen) atoms. The van der Waals surface area contributed by atoms with Crippen LogP contribution in [-0.4, -0.2) is 35.5 Å². The molecular weight excluding hydrogens is 424 g/mol. The van der Waals surface area contributed by atoms with Crippen molar-refractivity contribution in [3.05, 3.63) is 90.0 Å². The summed E-state index contributed by atoms with van der Waals surface area (Å²) in [6, 6.07) is 25.6. The van der Waals surface area contributed by atoms with Gasteiger partial charge in [0.15, 0.2) is 0 Å². The first-order valence-corrected chi connectivity index (χ1v) is 14.0. The molecule has 3 aromatic carbocycles. The van der Waals surface area contributed by atoms with Gasteiger partial charge in [-0.25, -0.2) is 0 Å². The van der Waals surface area contributed by atoms with Crippen LogP contribution in [0.3, 0.4) is 0 Å². The van der Waals surface area contributed by atoms with Gasteiger partial charge in [-0.3, -0.25) is 4.90 Å². The van der Waals surface area contributed by atoms with E-state index in [-0.39, 0.29) is 0 Å². The first-order valence-electron chi connectivity index (χ1n) is 14.0. The molecule has 2 aliphatic heterocycles.